The predicted octanol–water partition coefficient (Wildman–Crippen LogP) is -0.361. The van der Waals surface area contributed by atoms with E-state index in [0.29, 0.717) is 6.42 Å². The summed E-state index contributed by atoms with van der Waals surface area (Å²) in [6.45, 7) is 10.2. The number of carbonyl (C=O) groups is 1. The average molecular weight is 243 g/mol. The van der Waals surface area contributed by atoms with Crippen LogP contribution in [0.3, 0.4) is 0 Å². The fourth-order valence-electron chi connectivity index (χ4n) is 2.33. The highest BCUT2D eigenvalue weighted by Crippen LogP contribution is 2.17. The summed E-state index contributed by atoms with van der Waals surface area (Å²) in [4.78, 5) is 15.8. The molecule has 0 saturated carbocycles. The molecule has 3 N–H and O–H groups in total. The zero-order valence-corrected chi connectivity index (χ0v) is 11.1. The quantitative estimate of drug-likeness (QED) is 0.707. The highest BCUT2D eigenvalue weighted by molar-refractivity contribution is 5.79. The molecule has 1 aliphatic rings. The number of aliphatic hydroxyl groups excluding tert-OH is 1. The highest BCUT2D eigenvalue weighted by Gasteiger charge is 2.30. The van der Waals surface area contributed by atoms with Gasteiger partial charge in [-0.15, -0.1) is 0 Å². The lowest BCUT2D eigenvalue weighted by molar-refractivity contribution is -0.124. The van der Waals surface area contributed by atoms with Gasteiger partial charge in [-0.2, -0.15) is 0 Å². The molecule has 1 aliphatic heterocycles. The number of amides is 1. The average Bonchev–Trinajstić information content (AvgIpc) is 2.24. The van der Waals surface area contributed by atoms with Crippen LogP contribution in [0.5, 0.6) is 0 Å². The van der Waals surface area contributed by atoms with Crippen LogP contribution >= 0.6 is 0 Å². The third kappa shape index (κ3) is 3.94. The molecule has 0 bridgehead atoms. The van der Waals surface area contributed by atoms with Crippen molar-refractivity contribution in [1.29, 1.82) is 0 Å². The molecule has 0 aromatic heterocycles. The molecule has 5 nitrogen and oxygen atoms in total. The van der Waals surface area contributed by atoms with Crippen LogP contribution in [0.15, 0.2) is 0 Å². The highest BCUT2D eigenvalue weighted by atomic mass is 16.3. The Morgan fingerprint density at radius 3 is 2.18 bits per heavy atom. The first-order valence-electron chi connectivity index (χ1n) is 6.25. The maximum absolute atomic E-state index is 11.3. The zero-order valence-electron chi connectivity index (χ0n) is 11.1. The molecule has 100 valence electrons. The summed E-state index contributed by atoms with van der Waals surface area (Å²) in [5.41, 5.74) is 5.54. The maximum Gasteiger partial charge on any atom is 0.234 e. The molecular formula is C12H25N3O2. The van der Waals surface area contributed by atoms with Crippen LogP contribution in [0, 0.1) is 0 Å². The topological polar surface area (TPSA) is 69.8 Å². The maximum atomic E-state index is 11.3. The van der Waals surface area contributed by atoms with Crippen LogP contribution in [0.25, 0.3) is 0 Å². The SMILES string of the molecule is CC(C)(C)N1CCN([C@@H](CCO)C(N)=O)CC1. The van der Waals surface area contributed by atoms with Gasteiger partial charge < -0.3 is 10.8 Å². The van der Waals surface area contributed by atoms with E-state index in [0.717, 1.165) is 26.2 Å². The lowest BCUT2D eigenvalue weighted by atomic mass is 10.0. The number of rotatable bonds is 4. The van der Waals surface area contributed by atoms with E-state index in [-0.39, 0.29) is 24.1 Å². The molecule has 0 aromatic rings. The van der Waals surface area contributed by atoms with Gasteiger partial charge in [0, 0.05) is 38.3 Å². The Balaban J connectivity index is 2.52. The molecule has 1 heterocycles. The molecular weight excluding hydrogens is 218 g/mol. The first kappa shape index (κ1) is 14.4. The second-order valence-corrected chi connectivity index (χ2v) is 5.62. The molecule has 5 heteroatoms. The summed E-state index contributed by atoms with van der Waals surface area (Å²) in [7, 11) is 0. The Bertz CT molecular complexity index is 255. The fourth-order valence-corrected chi connectivity index (χ4v) is 2.33. The Hall–Kier alpha value is -0.650. The van der Waals surface area contributed by atoms with E-state index < -0.39 is 0 Å². The van der Waals surface area contributed by atoms with Gasteiger partial charge in [0.2, 0.25) is 5.91 Å². The number of hydrogen-bond acceptors (Lipinski definition) is 4. The minimum Gasteiger partial charge on any atom is -0.396 e. The summed E-state index contributed by atoms with van der Waals surface area (Å²) >= 11 is 0. The normalized spacial score (nSPS) is 21.4. The largest absolute Gasteiger partial charge is 0.396 e. The Labute approximate surface area is 104 Å². The van der Waals surface area contributed by atoms with Gasteiger partial charge in [0.1, 0.15) is 0 Å². The fraction of sp³-hybridized carbons (Fsp3) is 0.917. The van der Waals surface area contributed by atoms with Crippen LogP contribution in [0.1, 0.15) is 27.2 Å². The van der Waals surface area contributed by atoms with Crippen molar-refractivity contribution in [3.05, 3.63) is 0 Å². The van der Waals surface area contributed by atoms with E-state index in [2.05, 4.69) is 30.6 Å². The van der Waals surface area contributed by atoms with Gasteiger partial charge in [-0.3, -0.25) is 14.6 Å². The van der Waals surface area contributed by atoms with Crippen molar-refractivity contribution in [3.63, 3.8) is 0 Å². The molecule has 1 fully saturated rings. The number of nitrogens with zero attached hydrogens (tertiary/aromatic N) is 2. The molecule has 1 rings (SSSR count). The van der Waals surface area contributed by atoms with Crippen molar-refractivity contribution in [2.75, 3.05) is 32.8 Å². The molecule has 0 radical (unpaired) electrons. The molecule has 0 spiro atoms. The minimum atomic E-state index is -0.330. The Morgan fingerprint density at radius 1 is 1.29 bits per heavy atom. The summed E-state index contributed by atoms with van der Waals surface area (Å²) < 4.78 is 0. The third-order valence-electron chi connectivity index (χ3n) is 3.43. The van der Waals surface area contributed by atoms with Crippen molar-refractivity contribution in [1.82, 2.24) is 9.80 Å². The van der Waals surface area contributed by atoms with E-state index in [9.17, 15) is 4.79 Å². The lowest BCUT2D eigenvalue weighted by Crippen LogP contribution is -2.58. The summed E-state index contributed by atoms with van der Waals surface area (Å²) in [5, 5.41) is 8.95. The van der Waals surface area contributed by atoms with Crippen molar-refractivity contribution in [2.24, 2.45) is 5.73 Å². The van der Waals surface area contributed by atoms with Crippen molar-refractivity contribution < 1.29 is 9.90 Å². The number of carbonyl (C=O) groups excluding carboxylic acids is 1. The van der Waals surface area contributed by atoms with Gasteiger partial charge in [-0.1, -0.05) is 0 Å². The van der Waals surface area contributed by atoms with Crippen LogP contribution in [0.2, 0.25) is 0 Å². The summed E-state index contributed by atoms with van der Waals surface area (Å²) in [6, 6.07) is -0.317. The van der Waals surface area contributed by atoms with Crippen molar-refractivity contribution in [2.45, 2.75) is 38.8 Å². The zero-order chi connectivity index (χ0) is 13.1. The van der Waals surface area contributed by atoms with Gasteiger partial charge >= 0.3 is 0 Å². The number of piperazine rings is 1. The van der Waals surface area contributed by atoms with Gasteiger partial charge in [0.25, 0.3) is 0 Å². The van der Waals surface area contributed by atoms with E-state index in [4.69, 9.17) is 10.8 Å². The summed E-state index contributed by atoms with van der Waals surface area (Å²) in [6.07, 6.45) is 0.435. The van der Waals surface area contributed by atoms with E-state index in [1.54, 1.807) is 0 Å². The standard InChI is InChI=1S/C12H25N3O2/c1-12(2,3)15-7-5-14(6-8-15)10(4-9-16)11(13)17/h10,16H,4-9H2,1-3H3,(H2,13,17)/t10-/m0/s1. The molecule has 1 amide bonds. The third-order valence-corrected chi connectivity index (χ3v) is 3.43. The van der Waals surface area contributed by atoms with Crippen molar-refractivity contribution in [3.8, 4) is 0 Å². The van der Waals surface area contributed by atoms with Crippen LogP contribution in [-0.2, 0) is 4.79 Å². The van der Waals surface area contributed by atoms with Gasteiger partial charge in [0.15, 0.2) is 0 Å². The molecule has 0 aliphatic carbocycles. The predicted molar refractivity (Wildman–Crippen MR) is 67.6 cm³/mol. The molecule has 0 unspecified atom stereocenters. The number of hydrogen-bond donors (Lipinski definition) is 2. The monoisotopic (exact) mass is 243 g/mol. The Kier molecular flexibility index (Phi) is 4.91. The lowest BCUT2D eigenvalue weighted by Gasteiger charge is -2.43. The van der Waals surface area contributed by atoms with E-state index in [1.807, 2.05) is 0 Å². The van der Waals surface area contributed by atoms with Gasteiger partial charge in [0.05, 0.1) is 6.04 Å². The first-order valence-corrected chi connectivity index (χ1v) is 6.25. The Morgan fingerprint density at radius 2 is 1.82 bits per heavy atom. The van der Waals surface area contributed by atoms with Gasteiger partial charge in [-0.05, 0) is 27.2 Å². The second-order valence-electron chi connectivity index (χ2n) is 5.62. The van der Waals surface area contributed by atoms with Gasteiger partial charge in [-0.25, -0.2) is 0 Å². The smallest absolute Gasteiger partial charge is 0.234 e. The van der Waals surface area contributed by atoms with Crippen LogP contribution in [-0.4, -0.2) is 65.2 Å². The number of nitrogens with two attached hydrogens (primary N) is 1. The molecule has 1 atom stereocenters. The number of aliphatic hydroxyl groups is 1. The molecule has 0 aromatic carbocycles. The van der Waals surface area contributed by atoms with Crippen molar-refractivity contribution >= 4 is 5.91 Å². The van der Waals surface area contributed by atoms with E-state index in [1.165, 1.54) is 0 Å². The summed E-state index contributed by atoms with van der Waals surface area (Å²) in [5.74, 6) is -0.330. The molecule has 1 saturated heterocycles. The first-order chi connectivity index (χ1) is 7.86. The van der Waals surface area contributed by atoms with E-state index >= 15 is 0 Å². The molecule has 17 heavy (non-hydrogen) atoms. The minimum absolute atomic E-state index is 0.00704. The number of primary amides is 1. The van der Waals surface area contributed by atoms with Crippen LogP contribution in [0.4, 0.5) is 0 Å². The second kappa shape index (κ2) is 5.80. The van der Waals surface area contributed by atoms with Crippen LogP contribution < -0.4 is 5.73 Å².